The van der Waals surface area contributed by atoms with E-state index in [1.165, 1.54) is 12.1 Å². The van der Waals surface area contributed by atoms with E-state index in [0.29, 0.717) is 27.3 Å². The van der Waals surface area contributed by atoms with Crippen LogP contribution in [0.1, 0.15) is 9.67 Å². The Balaban J connectivity index is 2.06. The molecule has 28 heavy (non-hydrogen) atoms. The first kappa shape index (κ1) is 17.6. The fraction of sp³-hybridized carbons (Fsp3) is 0. The van der Waals surface area contributed by atoms with Gasteiger partial charge in [-0.3, -0.25) is 10.1 Å². The molecule has 2 aromatic carbocycles. The van der Waals surface area contributed by atoms with Crippen LogP contribution >= 0.6 is 11.3 Å². The smallest absolute Gasteiger partial charge is 0.348 e. The lowest BCUT2D eigenvalue weighted by Crippen LogP contribution is -1.99. The first-order valence-electron chi connectivity index (χ1n) is 8.09. The number of carboxylic acids is 1. The normalized spacial score (nSPS) is 10.9. The van der Waals surface area contributed by atoms with Gasteiger partial charge in [-0.2, -0.15) is 0 Å². The zero-order valence-electron chi connectivity index (χ0n) is 14.2. The summed E-state index contributed by atoms with van der Waals surface area (Å²) in [6.07, 6.45) is 0. The Hall–Kier alpha value is -3.85. The highest BCUT2D eigenvalue weighted by Gasteiger charge is 2.23. The molecule has 0 spiro atoms. The number of fused-ring (bicyclic) bond motifs is 1. The van der Waals surface area contributed by atoms with Crippen molar-refractivity contribution in [2.45, 2.75) is 0 Å². The lowest BCUT2D eigenvalue weighted by atomic mass is 10.1. The summed E-state index contributed by atoms with van der Waals surface area (Å²) in [5.74, 6) is -0.778. The molecule has 0 saturated heterocycles. The number of nitro benzene ring substituents is 1. The molecule has 2 aromatic heterocycles. The molecule has 138 valence electrons. The second-order valence-corrected chi connectivity index (χ2v) is 6.90. The number of hydrogen-bond acceptors (Lipinski definition) is 7. The van der Waals surface area contributed by atoms with Crippen molar-refractivity contribution < 1.29 is 14.8 Å². The van der Waals surface area contributed by atoms with Gasteiger partial charge in [0.1, 0.15) is 9.71 Å². The molecular formula is C19H12N4O4S. The number of nitrogens with two attached hydrogens (primary N) is 1. The second-order valence-electron chi connectivity index (χ2n) is 5.90. The highest BCUT2D eigenvalue weighted by molar-refractivity contribution is 7.21. The summed E-state index contributed by atoms with van der Waals surface area (Å²) in [5, 5.41) is 21.0. The molecule has 0 atom stereocenters. The van der Waals surface area contributed by atoms with E-state index >= 15 is 0 Å². The Morgan fingerprint density at radius 1 is 1.07 bits per heavy atom. The largest absolute Gasteiger partial charge is 0.477 e. The molecule has 2 heterocycles. The average Bonchev–Trinajstić information content (AvgIpc) is 3.05. The van der Waals surface area contributed by atoms with Gasteiger partial charge in [0.25, 0.3) is 5.69 Å². The molecule has 0 radical (unpaired) electrons. The number of aromatic carboxylic acids is 1. The molecule has 0 aliphatic heterocycles. The number of nitrogens with zero attached hydrogens (tertiary/aromatic N) is 3. The Morgan fingerprint density at radius 3 is 2.46 bits per heavy atom. The van der Waals surface area contributed by atoms with Crippen LogP contribution in [0.5, 0.6) is 0 Å². The molecule has 3 N–H and O–H groups in total. The third-order valence-corrected chi connectivity index (χ3v) is 5.23. The van der Waals surface area contributed by atoms with Gasteiger partial charge in [0.05, 0.1) is 21.7 Å². The van der Waals surface area contributed by atoms with Crippen molar-refractivity contribution in [2.75, 3.05) is 5.73 Å². The minimum absolute atomic E-state index is 0.0406. The summed E-state index contributed by atoms with van der Waals surface area (Å²) in [5.41, 5.74) is 7.58. The first-order valence-corrected chi connectivity index (χ1v) is 8.91. The molecule has 0 saturated carbocycles. The van der Waals surface area contributed by atoms with Crippen LogP contribution in [0, 0.1) is 10.1 Å². The van der Waals surface area contributed by atoms with Crippen LogP contribution in [0.25, 0.3) is 32.9 Å². The van der Waals surface area contributed by atoms with Gasteiger partial charge in [-0.05, 0) is 0 Å². The van der Waals surface area contributed by atoms with Gasteiger partial charge in [-0.15, -0.1) is 11.3 Å². The Bertz CT molecular complexity index is 1240. The van der Waals surface area contributed by atoms with Crippen LogP contribution in [0.4, 0.5) is 11.4 Å². The second kappa shape index (κ2) is 6.71. The number of hydrogen-bond donors (Lipinski definition) is 2. The third-order valence-electron chi connectivity index (χ3n) is 4.15. The van der Waals surface area contributed by atoms with E-state index in [9.17, 15) is 20.0 Å². The van der Waals surface area contributed by atoms with Crippen LogP contribution in [-0.4, -0.2) is 26.0 Å². The van der Waals surface area contributed by atoms with Crippen molar-refractivity contribution in [3.8, 4) is 22.6 Å². The maximum absolute atomic E-state index is 11.5. The summed E-state index contributed by atoms with van der Waals surface area (Å²) < 4.78 is 0. The quantitative estimate of drug-likeness (QED) is 0.392. The molecule has 0 aliphatic rings. The van der Waals surface area contributed by atoms with Crippen LogP contribution in [0.15, 0.2) is 54.6 Å². The van der Waals surface area contributed by atoms with E-state index in [4.69, 9.17) is 5.73 Å². The molecule has 4 rings (SSSR count). The summed E-state index contributed by atoms with van der Waals surface area (Å²) in [7, 11) is 0. The molecule has 8 nitrogen and oxygen atoms in total. The summed E-state index contributed by atoms with van der Waals surface area (Å²) in [4.78, 5) is 31.6. The van der Waals surface area contributed by atoms with Gasteiger partial charge in [-0.1, -0.05) is 42.5 Å². The van der Waals surface area contributed by atoms with Gasteiger partial charge < -0.3 is 10.8 Å². The summed E-state index contributed by atoms with van der Waals surface area (Å²) in [6, 6.07) is 15.2. The number of thiophene rings is 1. The van der Waals surface area contributed by atoms with E-state index in [-0.39, 0.29) is 16.3 Å². The molecular weight excluding hydrogens is 380 g/mol. The van der Waals surface area contributed by atoms with Crippen LogP contribution in [-0.2, 0) is 0 Å². The highest BCUT2D eigenvalue weighted by Crippen LogP contribution is 2.40. The summed E-state index contributed by atoms with van der Waals surface area (Å²) >= 11 is 0.951. The summed E-state index contributed by atoms with van der Waals surface area (Å²) in [6.45, 7) is 0. The predicted octanol–water partition coefficient (Wildman–Crippen LogP) is 4.21. The Morgan fingerprint density at radius 2 is 1.79 bits per heavy atom. The van der Waals surface area contributed by atoms with E-state index in [0.717, 1.165) is 16.9 Å². The van der Waals surface area contributed by atoms with Crippen molar-refractivity contribution in [1.29, 1.82) is 0 Å². The maximum atomic E-state index is 11.5. The van der Waals surface area contributed by atoms with Gasteiger partial charge in [0.2, 0.25) is 0 Å². The van der Waals surface area contributed by atoms with Gasteiger partial charge in [0.15, 0.2) is 5.82 Å². The Labute approximate surface area is 162 Å². The minimum Gasteiger partial charge on any atom is -0.477 e. The van der Waals surface area contributed by atoms with E-state index in [1.54, 1.807) is 12.1 Å². The number of non-ortho nitro benzene ring substituents is 1. The van der Waals surface area contributed by atoms with Crippen molar-refractivity contribution >= 4 is 38.9 Å². The third kappa shape index (κ3) is 2.93. The number of carboxylic acid groups (broad SMARTS) is 1. The number of benzene rings is 2. The lowest BCUT2D eigenvalue weighted by Gasteiger charge is -2.07. The number of aromatic nitrogens is 2. The number of carbonyl (C=O) groups is 1. The monoisotopic (exact) mass is 392 g/mol. The number of nitro groups is 1. The molecule has 0 aliphatic carbocycles. The number of nitrogen functional groups attached to an aromatic ring is 1. The highest BCUT2D eigenvalue weighted by atomic mass is 32.1. The number of rotatable bonds is 4. The standard InChI is InChI=1S/C19H12N4O4S/c20-14-13-15(11-7-4-8-12(9-11)23(26)27)21-17(10-5-2-1-3-6-10)22-18(13)28-16(14)19(24)25/h1-9H,20H2,(H,24,25). The molecule has 0 fully saturated rings. The van der Waals surface area contributed by atoms with Crippen molar-refractivity contribution in [3.63, 3.8) is 0 Å². The van der Waals surface area contributed by atoms with E-state index in [1.807, 2.05) is 30.3 Å². The zero-order valence-corrected chi connectivity index (χ0v) is 15.0. The molecule has 0 amide bonds. The van der Waals surface area contributed by atoms with Gasteiger partial charge in [-0.25, -0.2) is 14.8 Å². The molecule has 0 bridgehead atoms. The van der Waals surface area contributed by atoms with E-state index < -0.39 is 10.9 Å². The lowest BCUT2D eigenvalue weighted by molar-refractivity contribution is -0.384. The predicted molar refractivity (Wildman–Crippen MR) is 106 cm³/mol. The van der Waals surface area contributed by atoms with Gasteiger partial charge in [0, 0.05) is 23.3 Å². The van der Waals surface area contributed by atoms with Gasteiger partial charge >= 0.3 is 5.97 Å². The average molecular weight is 392 g/mol. The fourth-order valence-electron chi connectivity index (χ4n) is 2.87. The van der Waals surface area contributed by atoms with Crippen molar-refractivity contribution in [2.24, 2.45) is 0 Å². The fourth-order valence-corrected chi connectivity index (χ4v) is 3.81. The van der Waals surface area contributed by atoms with Crippen LogP contribution in [0.3, 0.4) is 0 Å². The SMILES string of the molecule is Nc1c(C(=O)O)sc2nc(-c3ccccc3)nc(-c3cccc([N+](=O)[O-])c3)c12. The Kier molecular flexibility index (Phi) is 4.21. The van der Waals surface area contributed by atoms with Crippen molar-refractivity contribution in [1.82, 2.24) is 9.97 Å². The van der Waals surface area contributed by atoms with Crippen LogP contribution in [0.2, 0.25) is 0 Å². The molecule has 0 unspecified atom stereocenters. The van der Waals surface area contributed by atoms with Crippen LogP contribution < -0.4 is 5.73 Å². The topological polar surface area (TPSA) is 132 Å². The van der Waals surface area contributed by atoms with Crippen molar-refractivity contribution in [3.05, 3.63) is 69.6 Å². The zero-order chi connectivity index (χ0) is 19.8. The number of anilines is 1. The maximum Gasteiger partial charge on any atom is 0.348 e. The minimum atomic E-state index is -1.16. The first-order chi connectivity index (χ1) is 13.5. The molecule has 4 aromatic rings. The molecule has 9 heteroatoms. The van der Waals surface area contributed by atoms with E-state index in [2.05, 4.69) is 9.97 Å².